The topological polar surface area (TPSA) is 124 Å². The van der Waals surface area contributed by atoms with Crippen molar-refractivity contribution < 1.29 is 28.5 Å². The summed E-state index contributed by atoms with van der Waals surface area (Å²) in [6.07, 6.45) is -0.357. The molecule has 0 saturated heterocycles. The highest BCUT2D eigenvalue weighted by atomic mass is 35.5. The van der Waals surface area contributed by atoms with Crippen molar-refractivity contribution in [3.05, 3.63) is 88.4 Å². The number of hydrogen-bond donors (Lipinski definition) is 4. The average molecular weight is 476 g/mol. The Bertz CT molecular complexity index is 1230. The summed E-state index contributed by atoms with van der Waals surface area (Å²) < 4.78 is 25.8. The molecule has 3 aromatic rings. The van der Waals surface area contributed by atoms with E-state index in [1.165, 1.54) is 36.4 Å². The van der Waals surface area contributed by atoms with Crippen molar-refractivity contribution in [1.29, 1.82) is 0 Å². The van der Waals surface area contributed by atoms with Gasteiger partial charge in [0.25, 0.3) is 0 Å². The average Bonchev–Trinajstić information content (AvgIpc) is 2.77. The van der Waals surface area contributed by atoms with Crippen LogP contribution in [0.3, 0.4) is 0 Å². The number of benzene rings is 3. The molecule has 7 nitrogen and oxygen atoms in total. The first-order valence-electron chi connectivity index (χ1n) is 9.73. The smallest absolute Gasteiger partial charge is 0.337 e. The molecule has 9 heteroatoms. The Hall–Kier alpha value is -2.91. The van der Waals surface area contributed by atoms with E-state index in [4.69, 9.17) is 11.6 Å². The number of sulfone groups is 1. The lowest BCUT2D eigenvalue weighted by atomic mass is 10.1. The number of phenols is 1. The Morgan fingerprint density at radius 1 is 1.03 bits per heavy atom. The molecule has 32 heavy (non-hydrogen) atoms. The second kappa shape index (κ2) is 10.1. The Kier molecular flexibility index (Phi) is 7.52. The number of carboxylic acid groups (broad SMARTS) is 1. The number of rotatable bonds is 9. The lowest BCUT2D eigenvalue weighted by Gasteiger charge is -2.13. The summed E-state index contributed by atoms with van der Waals surface area (Å²) in [6, 6.07) is 16.2. The Balaban J connectivity index is 1.66. The van der Waals surface area contributed by atoms with E-state index < -0.39 is 21.9 Å². The third kappa shape index (κ3) is 5.46. The Morgan fingerprint density at radius 2 is 1.78 bits per heavy atom. The Morgan fingerprint density at radius 3 is 2.47 bits per heavy atom. The van der Waals surface area contributed by atoms with E-state index in [1.54, 1.807) is 24.3 Å². The van der Waals surface area contributed by atoms with Crippen molar-refractivity contribution >= 4 is 27.4 Å². The molecule has 0 heterocycles. The fourth-order valence-electron chi connectivity index (χ4n) is 3.22. The first kappa shape index (κ1) is 23.7. The van der Waals surface area contributed by atoms with Crippen LogP contribution < -0.4 is 5.32 Å². The highest BCUT2D eigenvalue weighted by molar-refractivity contribution is 7.91. The molecule has 0 aromatic heterocycles. The van der Waals surface area contributed by atoms with Crippen molar-refractivity contribution in [2.45, 2.75) is 22.3 Å². The summed E-state index contributed by atoms with van der Waals surface area (Å²) in [5, 5.41) is 33.4. The van der Waals surface area contributed by atoms with Crippen LogP contribution >= 0.6 is 11.6 Å². The van der Waals surface area contributed by atoms with E-state index in [2.05, 4.69) is 5.32 Å². The molecular weight excluding hydrogens is 454 g/mol. The SMILES string of the molecule is O=C(O)c1ccccc1S(=O)(=O)c1ccc(CCNCC(O)c2cccc(Cl)c2)c(O)c1. The summed E-state index contributed by atoms with van der Waals surface area (Å²) >= 11 is 5.92. The minimum absolute atomic E-state index is 0.197. The van der Waals surface area contributed by atoms with Gasteiger partial charge in [0.15, 0.2) is 0 Å². The number of aromatic hydroxyl groups is 1. The fraction of sp³-hybridized carbons (Fsp3) is 0.174. The zero-order valence-electron chi connectivity index (χ0n) is 16.9. The van der Waals surface area contributed by atoms with Crippen LogP contribution in [-0.4, -0.2) is 42.8 Å². The quantitative estimate of drug-likeness (QED) is 0.349. The highest BCUT2D eigenvalue weighted by Crippen LogP contribution is 2.28. The van der Waals surface area contributed by atoms with E-state index in [0.29, 0.717) is 29.1 Å². The second-order valence-electron chi connectivity index (χ2n) is 7.12. The molecule has 4 N–H and O–H groups in total. The molecular formula is C23H22ClNO6S. The molecule has 0 spiro atoms. The van der Waals surface area contributed by atoms with Gasteiger partial charge in [0, 0.05) is 11.6 Å². The van der Waals surface area contributed by atoms with Crippen molar-refractivity contribution in [2.24, 2.45) is 0 Å². The monoisotopic (exact) mass is 475 g/mol. The maximum Gasteiger partial charge on any atom is 0.337 e. The van der Waals surface area contributed by atoms with Gasteiger partial charge in [-0.25, -0.2) is 13.2 Å². The summed E-state index contributed by atoms with van der Waals surface area (Å²) in [5.41, 5.74) is 0.864. The van der Waals surface area contributed by atoms with E-state index in [1.807, 2.05) is 0 Å². The number of halogens is 1. The van der Waals surface area contributed by atoms with E-state index in [9.17, 15) is 28.5 Å². The van der Waals surface area contributed by atoms with Crippen LogP contribution in [0.15, 0.2) is 76.5 Å². The van der Waals surface area contributed by atoms with Gasteiger partial charge in [-0.3, -0.25) is 0 Å². The van der Waals surface area contributed by atoms with E-state index >= 15 is 0 Å². The van der Waals surface area contributed by atoms with Gasteiger partial charge in [-0.15, -0.1) is 0 Å². The molecule has 168 valence electrons. The van der Waals surface area contributed by atoms with Crippen LogP contribution in [0.25, 0.3) is 0 Å². The van der Waals surface area contributed by atoms with E-state index in [-0.39, 0.29) is 27.6 Å². The largest absolute Gasteiger partial charge is 0.508 e. The number of nitrogens with one attached hydrogen (secondary N) is 1. The standard InChI is InChI=1S/C23H22ClNO6S/c24-17-5-3-4-16(12-17)21(27)14-25-11-10-15-8-9-18(13-20(15)26)32(30,31)22-7-2-1-6-19(22)23(28)29/h1-9,12-13,21,25-27H,10-11,14H2,(H,28,29). The zero-order valence-corrected chi connectivity index (χ0v) is 18.5. The molecule has 0 saturated carbocycles. The van der Waals surface area contributed by atoms with Crippen molar-refractivity contribution in [3.63, 3.8) is 0 Å². The van der Waals surface area contributed by atoms with Crippen molar-refractivity contribution in [3.8, 4) is 5.75 Å². The number of aliphatic hydroxyl groups excluding tert-OH is 1. The van der Waals surface area contributed by atoms with Gasteiger partial charge in [0.05, 0.1) is 21.5 Å². The molecule has 0 radical (unpaired) electrons. The third-order valence-electron chi connectivity index (χ3n) is 4.92. The van der Waals surface area contributed by atoms with Gasteiger partial charge >= 0.3 is 5.97 Å². The van der Waals surface area contributed by atoms with E-state index in [0.717, 1.165) is 6.07 Å². The van der Waals surface area contributed by atoms with Gasteiger partial charge in [0.2, 0.25) is 9.84 Å². The number of aromatic carboxylic acids is 1. The summed E-state index contributed by atoms with van der Waals surface area (Å²) in [7, 11) is -4.12. The Labute approximate surface area is 190 Å². The first-order chi connectivity index (χ1) is 15.2. The second-order valence-corrected chi connectivity index (χ2v) is 9.47. The first-order valence-corrected chi connectivity index (χ1v) is 11.6. The van der Waals surface area contributed by atoms with Gasteiger partial charge in [-0.2, -0.15) is 0 Å². The zero-order chi connectivity index (χ0) is 23.3. The normalized spacial score (nSPS) is 12.4. The maximum atomic E-state index is 12.9. The summed E-state index contributed by atoms with van der Waals surface area (Å²) in [5.74, 6) is -1.56. The van der Waals surface area contributed by atoms with Crippen LogP contribution in [0.2, 0.25) is 5.02 Å². The summed E-state index contributed by atoms with van der Waals surface area (Å²) in [6.45, 7) is 0.707. The van der Waals surface area contributed by atoms with Crippen LogP contribution in [0.4, 0.5) is 0 Å². The van der Waals surface area contributed by atoms with Crippen LogP contribution in [0, 0.1) is 0 Å². The van der Waals surface area contributed by atoms with Gasteiger partial charge in [0.1, 0.15) is 5.75 Å². The predicted molar refractivity (Wildman–Crippen MR) is 120 cm³/mol. The van der Waals surface area contributed by atoms with Crippen LogP contribution in [-0.2, 0) is 16.3 Å². The number of carboxylic acids is 1. The van der Waals surface area contributed by atoms with Crippen LogP contribution in [0.5, 0.6) is 5.75 Å². The third-order valence-corrected chi connectivity index (χ3v) is 6.96. The van der Waals surface area contributed by atoms with Crippen molar-refractivity contribution in [2.75, 3.05) is 13.1 Å². The van der Waals surface area contributed by atoms with Gasteiger partial charge in [-0.05, 0) is 60.5 Å². The molecule has 0 aliphatic carbocycles. The number of hydrogen-bond acceptors (Lipinski definition) is 6. The molecule has 1 atom stereocenters. The molecule has 0 bridgehead atoms. The molecule has 0 fully saturated rings. The van der Waals surface area contributed by atoms with Gasteiger partial charge in [-0.1, -0.05) is 41.9 Å². The number of phenolic OH excluding ortho intramolecular Hbond substituents is 1. The molecule has 0 aliphatic heterocycles. The molecule has 0 amide bonds. The summed E-state index contributed by atoms with van der Waals surface area (Å²) in [4.78, 5) is 10.8. The number of carbonyl (C=O) groups is 1. The lowest BCUT2D eigenvalue weighted by molar-refractivity contribution is 0.0692. The minimum Gasteiger partial charge on any atom is -0.508 e. The molecule has 3 aromatic carbocycles. The van der Waals surface area contributed by atoms with Gasteiger partial charge < -0.3 is 20.6 Å². The molecule has 0 aliphatic rings. The van der Waals surface area contributed by atoms with Crippen molar-refractivity contribution in [1.82, 2.24) is 5.32 Å². The predicted octanol–water partition coefficient (Wildman–Crippen LogP) is 3.44. The fourth-order valence-corrected chi connectivity index (χ4v) is 4.89. The highest BCUT2D eigenvalue weighted by Gasteiger charge is 2.24. The minimum atomic E-state index is -4.12. The maximum absolute atomic E-state index is 12.9. The van der Waals surface area contributed by atoms with Crippen LogP contribution in [0.1, 0.15) is 27.6 Å². The number of aliphatic hydroxyl groups is 1. The molecule has 3 rings (SSSR count). The lowest BCUT2D eigenvalue weighted by Crippen LogP contribution is -2.23. The molecule has 1 unspecified atom stereocenters.